The van der Waals surface area contributed by atoms with Crippen molar-refractivity contribution in [2.75, 3.05) is 26.2 Å². The Morgan fingerprint density at radius 1 is 1.00 bits per heavy atom. The summed E-state index contributed by atoms with van der Waals surface area (Å²) < 4.78 is 26.8. The first-order valence-corrected chi connectivity index (χ1v) is 10.3. The van der Waals surface area contributed by atoms with Gasteiger partial charge in [-0.25, -0.2) is 8.42 Å². The Hall–Kier alpha value is -2.78. The van der Waals surface area contributed by atoms with Crippen LogP contribution in [0.15, 0.2) is 47.4 Å². The minimum absolute atomic E-state index is 0.00686. The fourth-order valence-corrected chi connectivity index (χ4v) is 4.60. The first-order valence-electron chi connectivity index (χ1n) is 8.82. The van der Waals surface area contributed by atoms with Gasteiger partial charge in [0.15, 0.2) is 0 Å². The molecule has 2 aromatic rings. The summed E-state index contributed by atoms with van der Waals surface area (Å²) in [7, 11) is -3.76. The number of piperazine rings is 1. The molecule has 2 aromatic carbocycles. The van der Waals surface area contributed by atoms with E-state index in [1.165, 1.54) is 28.6 Å². The lowest BCUT2D eigenvalue weighted by Gasteiger charge is -2.34. The van der Waals surface area contributed by atoms with E-state index in [2.05, 4.69) is 0 Å². The fraction of sp³-hybridized carbons (Fsp3) is 0.316. The average molecular weight is 403 g/mol. The molecule has 0 N–H and O–H groups in total. The largest absolute Gasteiger partial charge is 0.336 e. The van der Waals surface area contributed by atoms with Gasteiger partial charge in [-0.05, 0) is 43.2 Å². The summed E-state index contributed by atoms with van der Waals surface area (Å²) in [6, 6.07) is 10.4. The number of carbonyl (C=O) groups is 1. The van der Waals surface area contributed by atoms with Gasteiger partial charge in [-0.3, -0.25) is 14.9 Å². The van der Waals surface area contributed by atoms with E-state index in [9.17, 15) is 23.3 Å². The molecule has 3 rings (SSSR count). The van der Waals surface area contributed by atoms with E-state index in [0.717, 1.165) is 11.1 Å². The number of nitro groups is 1. The number of sulfonamides is 1. The van der Waals surface area contributed by atoms with Gasteiger partial charge in [-0.15, -0.1) is 0 Å². The van der Waals surface area contributed by atoms with Gasteiger partial charge in [0.1, 0.15) is 0 Å². The number of nitrogens with zero attached hydrogens (tertiary/aromatic N) is 3. The minimum Gasteiger partial charge on any atom is -0.336 e. The van der Waals surface area contributed by atoms with Crippen LogP contribution in [0.1, 0.15) is 21.5 Å². The van der Waals surface area contributed by atoms with Crippen molar-refractivity contribution in [3.63, 3.8) is 0 Å². The lowest BCUT2D eigenvalue weighted by atomic mass is 10.0. The van der Waals surface area contributed by atoms with Crippen molar-refractivity contribution in [1.29, 1.82) is 0 Å². The smallest absolute Gasteiger partial charge is 0.269 e. The third-order valence-corrected chi connectivity index (χ3v) is 6.96. The highest BCUT2D eigenvalue weighted by Crippen LogP contribution is 2.22. The van der Waals surface area contributed by atoms with Gasteiger partial charge in [0.25, 0.3) is 11.6 Å². The zero-order valence-corrected chi connectivity index (χ0v) is 16.5. The third kappa shape index (κ3) is 3.76. The normalized spacial score (nSPS) is 15.4. The molecule has 0 atom stereocenters. The average Bonchev–Trinajstić information content (AvgIpc) is 2.69. The molecule has 0 spiro atoms. The Bertz CT molecular complexity index is 1010. The maximum absolute atomic E-state index is 12.8. The second-order valence-corrected chi connectivity index (χ2v) is 8.63. The van der Waals surface area contributed by atoms with Gasteiger partial charge in [0.05, 0.1) is 9.82 Å². The molecule has 8 nitrogen and oxygen atoms in total. The van der Waals surface area contributed by atoms with Crippen LogP contribution in [-0.2, 0) is 10.0 Å². The highest BCUT2D eigenvalue weighted by molar-refractivity contribution is 7.89. The number of hydrogen-bond acceptors (Lipinski definition) is 5. The number of benzene rings is 2. The summed E-state index contributed by atoms with van der Waals surface area (Å²) in [5, 5.41) is 10.7. The molecule has 9 heteroatoms. The quantitative estimate of drug-likeness (QED) is 0.576. The van der Waals surface area contributed by atoms with Crippen molar-refractivity contribution in [3.05, 3.63) is 69.3 Å². The molecule has 0 aliphatic carbocycles. The summed E-state index contributed by atoms with van der Waals surface area (Å²) in [5.41, 5.74) is 2.42. The van der Waals surface area contributed by atoms with Crippen LogP contribution >= 0.6 is 0 Å². The molecular weight excluding hydrogens is 382 g/mol. The van der Waals surface area contributed by atoms with Crippen LogP contribution in [0.4, 0.5) is 5.69 Å². The second-order valence-electron chi connectivity index (χ2n) is 6.69. The molecule has 0 saturated carbocycles. The van der Waals surface area contributed by atoms with E-state index < -0.39 is 14.9 Å². The molecule has 0 bridgehead atoms. The monoisotopic (exact) mass is 403 g/mol. The van der Waals surface area contributed by atoms with Crippen LogP contribution in [0.25, 0.3) is 0 Å². The molecule has 1 amide bonds. The molecule has 1 aliphatic rings. The number of carbonyl (C=O) groups excluding carboxylic acids is 1. The molecule has 1 fully saturated rings. The third-order valence-electron chi connectivity index (χ3n) is 5.05. The molecule has 0 aromatic heterocycles. The van der Waals surface area contributed by atoms with Crippen molar-refractivity contribution in [2.45, 2.75) is 18.7 Å². The van der Waals surface area contributed by atoms with Crippen LogP contribution in [0.2, 0.25) is 0 Å². The predicted octanol–water partition coefficient (Wildman–Crippen LogP) is 2.36. The molecule has 1 heterocycles. The molecule has 0 radical (unpaired) electrons. The second kappa shape index (κ2) is 7.69. The van der Waals surface area contributed by atoms with Crippen LogP contribution < -0.4 is 0 Å². The van der Waals surface area contributed by atoms with Gasteiger partial charge in [0, 0.05) is 43.9 Å². The molecular formula is C19H21N3O5S. The zero-order valence-electron chi connectivity index (χ0n) is 15.7. The van der Waals surface area contributed by atoms with Crippen molar-refractivity contribution in [2.24, 2.45) is 0 Å². The lowest BCUT2D eigenvalue weighted by Crippen LogP contribution is -2.50. The summed E-state index contributed by atoms with van der Waals surface area (Å²) in [6.07, 6.45) is 0. The van der Waals surface area contributed by atoms with Crippen LogP contribution in [-0.4, -0.2) is 54.6 Å². The maximum Gasteiger partial charge on any atom is 0.269 e. The minimum atomic E-state index is -3.76. The molecule has 148 valence electrons. The van der Waals surface area contributed by atoms with Gasteiger partial charge in [-0.1, -0.05) is 12.1 Å². The summed E-state index contributed by atoms with van der Waals surface area (Å²) >= 11 is 0. The Morgan fingerprint density at radius 3 is 2.18 bits per heavy atom. The summed E-state index contributed by atoms with van der Waals surface area (Å²) in [4.78, 5) is 24.6. The Morgan fingerprint density at radius 2 is 1.61 bits per heavy atom. The number of amides is 1. The van der Waals surface area contributed by atoms with E-state index in [-0.39, 0.29) is 29.6 Å². The number of aryl methyl sites for hydroxylation is 1. The standard InChI is InChI=1S/C19H21N3O5S/c1-14-4-3-5-18(15(14)2)19(23)20-10-12-21(13-11-20)28(26,27)17-8-6-16(7-9-17)22(24)25/h3-9H,10-13H2,1-2H3. The predicted molar refractivity (Wildman–Crippen MR) is 104 cm³/mol. The van der Waals surface area contributed by atoms with E-state index in [4.69, 9.17) is 0 Å². The Balaban J connectivity index is 1.71. The SMILES string of the molecule is Cc1cccc(C(=O)N2CCN(S(=O)(=O)c3ccc([N+](=O)[O-])cc3)CC2)c1C. The van der Waals surface area contributed by atoms with Crippen molar-refractivity contribution >= 4 is 21.6 Å². The van der Waals surface area contributed by atoms with Crippen LogP contribution in [0.3, 0.4) is 0 Å². The van der Waals surface area contributed by atoms with E-state index in [0.29, 0.717) is 18.7 Å². The number of rotatable bonds is 4. The van der Waals surface area contributed by atoms with Crippen molar-refractivity contribution < 1.29 is 18.1 Å². The first kappa shape index (κ1) is 20.0. The number of non-ortho nitro benzene ring substituents is 1. The molecule has 0 unspecified atom stereocenters. The van der Waals surface area contributed by atoms with E-state index in [1.807, 2.05) is 26.0 Å². The summed E-state index contributed by atoms with van der Waals surface area (Å²) in [6.45, 7) is 4.78. The van der Waals surface area contributed by atoms with Gasteiger partial charge >= 0.3 is 0 Å². The molecule has 1 aliphatic heterocycles. The van der Waals surface area contributed by atoms with E-state index in [1.54, 1.807) is 11.0 Å². The zero-order chi connectivity index (χ0) is 20.5. The highest BCUT2D eigenvalue weighted by Gasteiger charge is 2.31. The maximum atomic E-state index is 12.8. The van der Waals surface area contributed by atoms with Crippen molar-refractivity contribution in [3.8, 4) is 0 Å². The van der Waals surface area contributed by atoms with Gasteiger partial charge in [0.2, 0.25) is 10.0 Å². The van der Waals surface area contributed by atoms with Crippen LogP contribution in [0, 0.1) is 24.0 Å². The fourth-order valence-electron chi connectivity index (χ4n) is 3.17. The Labute approximate surface area is 163 Å². The summed E-state index contributed by atoms with van der Waals surface area (Å²) in [5.74, 6) is -0.103. The first-order chi connectivity index (χ1) is 13.2. The highest BCUT2D eigenvalue weighted by atomic mass is 32.2. The van der Waals surface area contributed by atoms with Crippen LogP contribution in [0.5, 0.6) is 0 Å². The van der Waals surface area contributed by atoms with E-state index >= 15 is 0 Å². The Kier molecular flexibility index (Phi) is 5.48. The molecule has 1 saturated heterocycles. The number of nitro benzene ring substituents is 1. The lowest BCUT2D eigenvalue weighted by molar-refractivity contribution is -0.384. The van der Waals surface area contributed by atoms with Gasteiger partial charge in [-0.2, -0.15) is 4.31 Å². The topological polar surface area (TPSA) is 101 Å². The van der Waals surface area contributed by atoms with Gasteiger partial charge < -0.3 is 4.90 Å². The molecule has 28 heavy (non-hydrogen) atoms. The van der Waals surface area contributed by atoms with Crippen molar-refractivity contribution in [1.82, 2.24) is 9.21 Å². The number of hydrogen-bond donors (Lipinski definition) is 0.